The second-order valence-electron chi connectivity index (χ2n) is 6.69. The molecule has 5 heteroatoms. The maximum absolute atomic E-state index is 12.5. The predicted molar refractivity (Wildman–Crippen MR) is 110 cm³/mol. The lowest BCUT2D eigenvalue weighted by atomic mass is 9.97. The van der Waals surface area contributed by atoms with Crippen LogP contribution in [0.3, 0.4) is 0 Å². The third kappa shape index (κ3) is 4.48. The van der Waals surface area contributed by atoms with Gasteiger partial charge in [-0.15, -0.1) is 11.3 Å². The van der Waals surface area contributed by atoms with Crippen LogP contribution in [-0.2, 0) is 11.3 Å². The number of aromatic nitrogens is 1. The Bertz CT molecular complexity index is 857. The van der Waals surface area contributed by atoms with Crippen LogP contribution in [0.25, 0.3) is 10.2 Å². The van der Waals surface area contributed by atoms with E-state index in [-0.39, 0.29) is 5.91 Å². The van der Waals surface area contributed by atoms with Crippen molar-refractivity contribution in [2.24, 2.45) is 0 Å². The Morgan fingerprint density at radius 2 is 1.92 bits per heavy atom. The van der Waals surface area contributed by atoms with Gasteiger partial charge < -0.3 is 5.32 Å². The Kier molecular flexibility index (Phi) is 6.01. The molecule has 1 aromatic heterocycles. The number of para-hydroxylation sites is 2. The SMILES string of the molecule is CC[C@H](C)c1ccccc1NC(=O)CN(C)Cc1nc2ccccc2s1. The molecule has 1 N–H and O–H groups in total. The van der Waals surface area contributed by atoms with Crippen LogP contribution in [0.4, 0.5) is 5.69 Å². The molecule has 3 rings (SSSR count). The Morgan fingerprint density at radius 3 is 2.69 bits per heavy atom. The highest BCUT2D eigenvalue weighted by molar-refractivity contribution is 7.18. The highest BCUT2D eigenvalue weighted by atomic mass is 32.1. The normalized spacial score (nSPS) is 12.5. The number of benzene rings is 2. The quantitative estimate of drug-likeness (QED) is 0.647. The van der Waals surface area contributed by atoms with Crippen LogP contribution in [0.1, 0.15) is 36.8 Å². The van der Waals surface area contributed by atoms with Crippen molar-refractivity contribution in [3.63, 3.8) is 0 Å². The highest BCUT2D eigenvalue weighted by Gasteiger charge is 2.13. The van der Waals surface area contributed by atoms with E-state index in [0.717, 1.165) is 22.6 Å². The summed E-state index contributed by atoms with van der Waals surface area (Å²) in [5, 5.41) is 4.10. The molecular weight excluding hydrogens is 342 g/mol. The van der Waals surface area contributed by atoms with Crippen molar-refractivity contribution in [2.45, 2.75) is 32.7 Å². The van der Waals surface area contributed by atoms with Crippen molar-refractivity contribution in [2.75, 3.05) is 18.9 Å². The van der Waals surface area contributed by atoms with Crippen molar-refractivity contribution in [3.8, 4) is 0 Å². The number of hydrogen-bond donors (Lipinski definition) is 1. The van der Waals surface area contributed by atoms with Crippen molar-refractivity contribution >= 4 is 33.1 Å². The summed E-state index contributed by atoms with van der Waals surface area (Å²) in [5.74, 6) is 0.427. The number of hydrogen-bond acceptors (Lipinski definition) is 4. The number of fused-ring (bicyclic) bond motifs is 1. The molecule has 0 fully saturated rings. The van der Waals surface area contributed by atoms with E-state index in [1.807, 2.05) is 48.3 Å². The summed E-state index contributed by atoms with van der Waals surface area (Å²) in [5.41, 5.74) is 3.13. The van der Waals surface area contributed by atoms with Gasteiger partial charge in [-0.25, -0.2) is 4.98 Å². The van der Waals surface area contributed by atoms with Gasteiger partial charge in [-0.2, -0.15) is 0 Å². The number of likely N-dealkylation sites (N-methyl/N-ethyl adjacent to an activating group) is 1. The van der Waals surface area contributed by atoms with Gasteiger partial charge in [-0.1, -0.05) is 44.2 Å². The first kappa shape index (κ1) is 18.5. The van der Waals surface area contributed by atoms with E-state index in [9.17, 15) is 4.79 Å². The molecule has 0 radical (unpaired) electrons. The van der Waals surface area contributed by atoms with Crippen molar-refractivity contribution < 1.29 is 4.79 Å². The molecule has 0 aliphatic heterocycles. The molecule has 1 amide bonds. The van der Waals surface area contributed by atoms with E-state index in [1.165, 1.54) is 10.3 Å². The summed E-state index contributed by atoms with van der Waals surface area (Å²) >= 11 is 1.68. The van der Waals surface area contributed by atoms with Crippen LogP contribution in [-0.4, -0.2) is 29.4 Å². The van der Waals surface area contributed by atoms with E-state index < -0.39 is 0 Å². The Hall–Kier alpha value is -2.24. The van der Waals surface area contributed by atoms with E-state index in [2.05, 4.69) is 36.3 Å². The molecule has 1 atom stereocenters. The van der Waals surface area contributed by atoms with Gasteiger partial charge in [0, 0.05) is 5.69 Å². The number of nitrogens with zero attached hydrogens (tertiary/aromatic N) is 2. The molecule has 0 saturated heterocycles. The molecule has 0 spiro atoms. The summed E-state index contributed by atoms with van der Waals surface area (Å²) in [4.78, 5) is 19.1. The lowest BCUT2D eigenvalue weighted by molar-refractivity contribution is -0.117. The zero-order valence-electron chi connectivity index (χ0n) is 15.5. The summed E-state index contributed by atoms with van der Waals surface area (Å²) in [6.45, 7) is 5.35. The van der Waals surface area contributed by atoms with Crippen LogP contribution in [0.2, 0.25) is 0 Å². The summed E-state index contributed by atoms with van der Waals surface area (Å²) in [6, 6.07) is 16.2. The zero-order valence-corrected chi connectivity index (χ0v) is 16.3. The monoisotopic (exact) mass is 367 g/mol. The maximum Gasteiger partial charge on any atom is 0.238 e. The van der Waals surface area contributed by atoms with E-state index in [0.29, 0.717) is 19.0 Å². The molecule has 0 unspecified atom stereocenters. The average Bonchev–Trinajstić information content (AvgIpc) is 3.03. The van der Waals surface area contributed by atoms with Crippen molar-refractivity contribution in [1.82, 2.24) is 9.88 Å². The number of carbonyl (C=O) groups excluding carboxylic acids is 1. The largest absolute Gasteiger partial charge is 0.325 e. The fraction of sp³-hybridized carbons (Fsp3) is 0.333. The van der Waals surface area contributed by atoms with Crippen LogP contribution in [0.5, 0.6) is 0 Å². The summed E-state index contributed by atoms with van der Waals surface area (Å²) < 4.78 is 1.18. The minimum absolute atomic E-state index is 0.00404. The van der Waals surface area contributed by atoms with Crippen LogP contribution < -0.4 is 5.32 Å². The van der Waals surface area contributed by atoms with Gasteiger partial charge >= 0.3 is 0 Å². The third-order valence-corrected chi connectivity index (χ3v) is 5.56. The molecule has 4 nitrogen and oxygen atoms in total. The van der Waals surface area contributed by atoms with E-state index >= 15 is 0 Å². The molecule has 0 aliphatic rings. The third-order valence-electron chi connectivity index (χ3n) is 4.54. The van der Waals surface area contributed by atoms with Crippen LogP contribution in [0, 0.1) is 0 Å². The lowest BCUT2D eigenvalue weighted by Crippen LogP contribution is -2.30. The fourth-order valence-electron chi connectivity index (χ4n) is 2.97. The van der Waals surface area contributed by atoms with Crippen molar-refractivity contribution in [3.05, 3.63) is 59.1 Å². The number of anilines is 1. The van der Waals surface area contributed by atoms with Gasteiger partial charge in [-0.05, 0) is 43.1 Å². The predicted octanol–water partition coefficient (Wildman–Crippen LogP) is 4.88. The van der Waals surface area contributed by atoms with Crippen LogP contribution in [0.15, 0.2) is 48.5 Å². The second kappa shape index (κ2) is 8.43. The molecule has 1 heterocycles. The summed E-state index contributed by atoms with van der Waals surface area (Å²) in [6.07, 6.45) is 1.05. The Labute approximate surface area is 158 Å². The average molecular weight is 368 g/mol. The standard InChI is InChI=1S/C21H25N3OS/c1-4-15(2)16-9-5-6-10-17(16)22-20(25)13-24(3)14-21-23-18-11-7-8-12-19(18)26-21/h5-12,15H,4,13-14H2,1-3H3,(H,22,25)/t15-/m0/s1. The number of rotatable bonds is 7. The highest BCUT2D eigenvalue weighted by Crippen LogP contribution is 2.26. The van der Waals surface area contributed by atoms with E-state index in [4.69, 9.17) is 0 Å². The van der Waals surface area contributed by atoms with Gasteiger partial charge in [0.2, 0.25) is 5.91 Å². The minimum atomic E-state index is 0.00404. The first-order chi connectivity index (χ1) is 12.6. The molecule has 0 aliphatic carbocycles. The number of amides is 1. The maximum atomic E-state index is 12.5. The van der Waals surface area contributed by atoms with Gasteiger partial charge in [-0.3, -0.25) is 9.69 Å². The molecule has 0 saturated carbocycles. The molecule has 26 heavy (non-hydrogen) atoms. The van der Waals surface area contributed by atoms with Gasteiger partial charge in [0.25, 0.3) is 0 Å². The lowest BCUT2D eigenvalue weighted by Gasteiger charge is -2.18. The van der Waals surface area contributed by atoms with Gasteiger partial charge in [0.15, 0.2) is 0 Å². The topological polar surface area (TPSA) is 45.2 Å². The molecule has 3 aromatic rings. The summed E-state index contributed by atoms with van der Waals surface area (Å²) in [7, 11) is 1.95. The smallest absolute Gasteiger partial charge is 0.238 e. The molecular formula is C21H25N3OS. The fourth-order valence-corrected chi connectivity index (χ4v) is 4.02. The van der Waals surface area contributed by atoms with Gasteiger partial charge in [0.1, 0.15) is 5.01 Å². The number of thiazole rings is 1. The minimum Gasteiger partial charge on any atom is -0.325 e. The Balaban J connectivity index is 1.61. The van der Waals surface area contributed by atoms with Crippen LogP contribution >= 0.6 is 11.3 Å². The molecule has 136 valence electrons. The first-order valence-corrected chi connectivity index (χ1v) is 9.80. The van der Waals surface area contributed by atoms with E-state index in [1.54, 1.807) is 11.3 Å². The first-order valence-electron chi connectivity index (χ1n) is 8.98. The number of carbonyl (C=O) groups is 1. The zero-order chi connectivity index (χ0) is 18.5. The van der Waals surface area contributed by atoms with Crippen molar-refractivity contribution in [1.29, 1.82) is 0 Å². The van der Waals surface area contributed by atoms with Gasteiger partial charge in [0.05, 0.1) is 23.3 Å². The molecule has 0 bridgehead atoms. The second-order valence-corrected chi connectivity index (χ2v) is 7.81. The molecule has 2 aromatic carbocycles. The number of nitrogens with one attached hydrogen (secondary N) is 1. The Morgan fingerprint density at radius 1 is 1.19 bits per heavy atom.